The number of aliphatic hydroxyl groups is 1. The number of benzene rings is 2. The highest BCUT2D eigenvalue weighted by Crippen LogP contribution is 2.42. The van der Waals surface area contributed by atoms with E-state index in [1.54, 1.807) is 30.5 Å². The molecule has 12 nitrogen and oxygen atoms in total. The molecule has 0 aliphatic carbocycles. The molecule has 2 amide bonds. The maximum atomic E-state index is 15.5. The Bertz CT molecular complexity index is 2220. The van der Waals surface area contributed by atoms with Crippen LogP contribution in [0.15, 0.2) is 71.8 Å². The van der Waals surface area contributed by atoms with Crippen molar-refractivity contribution in [2.24, 2.45) is 5.73 Å². The van der Waals surface area contributed by atoms with Gasteiger partial charge in [0, 0.05) is 84.9 Å². The molecular formula is C37H36Cl2FN7O5. The standard InChI is InChI=1S/C37H36Cl2FN7O5/c1-52-36-28(19-43-17-22-8-9-33(50)45-22)29(40)14-30(46-36)27-7-3-6-26(35(27)39)25-5-2-4-24(34(25)38)20-10-11-47-32(12-20)44-16-21(37(47)51)15-42-18-23(48)13-31(41)49/h2-7,10-12,14,16,22-23,42-43,48H,8-9,13,15,17-19H2,1H3,(H2,41,49)(H,45,50)/t22-,23-/m1/s1. The van der Waals surface area contributed by atoms with Crippen LogP contribution in [0.3, 0.4) is 0 Å². The number of carbonyl (C=O) groups is 2. The lowest BCUT2D eigenvalue weighted by molar-refractivity contribution is -0.120. The minimum Gasteiger partial charge on any atom is -0.481 e. The SMILES string of the molecule is COc1nc(-c2cccc(-c3cccc(-c4ccn5c(=O)c(CNC[C@H](O)CC(N)=O)cnc5c4)c3Cl)c2Cl)cc(F)c1CNC[C@H]1CCC(=O)N1. The number of carbonyl (C=O) groups excluding carboxylic acids is 2. The predicted molar refractivity (Wildman–Crippen MR) is 196 cm³/mol. The number of nitrogens with one attached hydrogen (secondary N) is 3. The fourth-order valence-corrected chi connectivity index (χ4v) is 6.83. The van der Waals surface area contributed by atoms with Gasteiger partial charge in [0.2, 0.25) is 17.7 Å². The molecule has 270 valence electrons. The topological polar surface area (TPSA) is 173 Å². The van der Waals surface area contributed by atoms with E-state index < -0.39 is 17.8 Å². The predicted octanol–water partition coefficient (Wildman–Crippen LogP) is 4.24. The van der Waals surface area contributed by atoms with Crippen LogP contribution in [-0.2, 0) is 22.7 Å². The largest absolute Gasteiger partial charge is 0.481 e. The number of aliphatic hydroxyl groups excluding tert-OH is 1. The maximum Gasteiger partial charge on any atom is 0.262 e. The zero-order valence-corrected chi connectivity index (χ0v) is 29.6. The number of nitrogens with zero attached hydrogens (tertiary/aromatic N) is 3. The molecule has 2 atom stereocenters. The molecule has 52 heavy (non-hydrogen) atoms. The number of pyridine rings is 2. The third-order valence-corrected chi connectivity index (χ3v) is 9.60. The number of ether oxygens (including phenoxy) is 1. The Kier molecular flexibility index (Phi) is 11.5. The van der Waals surface area contributed by atoms with E-state index in [9.17, 15) is 19.5 Å². The number of aromatic nitrogens is 3. The summed E-state index contributed by atoms with van der Waals surface area (Å²) >= 11 is 14.0. The summed E-state index contributed by atoms with van der Waals surface area (Å²) in [5.74, 6) is -1.00. The van der Waals surface area contributed by atoms with Crippen molar-refractivity contribution in [1.82, 2.24) is 30.3 Å². The van der Waals surface area contributed by atoms with Gasteiger partial charge in [-0.3, -0.25) is 18.8 Å². The molecule has 0 unspecified atom stereocenters. The Hall–Kier alpha value is -4.92. The molecule has 6 N–H and O–H groups in total. The highest BCUT2D eigenvalue weighted by Gasteiger charge is 2.22. The zero-order valence-electron chi connectivity index (χ0n) is 28.1. The zero-order chi connectivity index (χ0) is 36.9. The van der Waals surface area contributed by atoms with Crippen LogP contribution in [0.1, 0.15) is 30.4 Å². The van der Waals surface area contributed by atoms with Crippen molar-refractivity contribution in [1.29, 1.82) is 0 Å². The summed E-state index contributed by atoms with van der Waals surface area (Å²) in [6.45, 7) is 0.873. The minimum atomic E-state index is -0.961. The summed E-state index contributed by atoms with van der Waals surface area (Å²) < 4.78 is 22.4. The van der Waals surface area contributed by atoms with E-state index in [4.69, 9.17) is 33.7 Å². The number of amides is 2. The van der Waals surface area contributed by atoms with E-state index >= 15 is 4.39 Å². The highest BCUT2D eigenvalue weighted by atomic mass is 35.5. The maximum absolute atomic E-state index is 15.5. The second kappa shape index (κ2) is 16.2. The van der Waals surface area contributed by atoms with Crippen molar-refractivity contribution in [2.75, 3.05) is 20.2 Å². The fraction of sp³-hybridized carbons (Fsp3) is 0.270. The monoisotopic (exact) mass is 747 g/mol. The summed E-state index contributed by atoms with van der Waals surface area (Å²) in [7, 11) is 1.42. The third kappa shape index (κ3) is 8.09. The molecule has 0 saturated carbocycles. The van der Waals surface area contributed by atoms with Gasteiger partial charge in [-0.25, -0.2) is 14.4 Å². The molecule has 3 aromatic heterocycles. The number of primary amides is 1. The normalized spacial score (nSPS) is 14.8. The van der Waals surface area contributed by atoms with Crippen LogP contribution in [0, 0.1) is 5.82 Å². The van der Waals surface area contributed by atoms with E-state index in [1.165, 1.54) is 23.8 Å². The van der Waals surface area contributed by atoms with Crippen LogP contribution in [0.4, 0.5) is 4.39 Å². The molecule has 0 bridgehead atoms. The molecule has 5 aromatic rings. The van der Waals surface area contributed by atoms with Crippen molar-refractivity contribution < 1.29 is 23.8 Å². The first-order chi connectivity index (χ1) is 25.0. The summed E-state index contributed by atoms with van der Waals surface area (Å²) in [6, 6.07) is 15.7. The molecular weight excluding hydrogens is 712 g/mol. The molecule has 4 heterocycles. The Labute approximate surface area is 308 Å². The van der Waals surface area contributed by atoms with Gasteiger partial charge in [0.25, 0.3) is 5.56 Å². The van der Waals surface area contributed by atoms with Crippen molar-refractivity contribution >= 4 is 40.7 Å². The number of fused-ring (bicyclic) bond motifs is 1. The molecule has 0 spiro atoms. The van der Waals surface area contributed by atoms with Crippen LogP contribution < -0.4 is 32.0 Å². The Morgan fingerprint density at radius 2 is 1.79 bits per heavy atom. The van der Waals surface area contributed by atoms with E-state index in [-0.39, 0.29) is 60.7 Å². The molecule has 1 saturated heterocycles. The van der Waals surface area contributed by atoms with Gasteiger partial charge in [-0.2, -0.15) is 0 Å². The quantitative estimate of drug-likeness (QED) is 0.111. The number of methoxy groups -OCH3 is 1. The second-order valence-electron chi connectivity index (χ2n) is 12.4. The van der Waals surface area contributed by atoms with E-state index in [0.717, 1.165) is 6.42 Å². The van der Waals surface area contributed by atoms with Crippen LogP contribution in [0.25, 0.3) is 39.2 Å². The van der Waals surface area contributed by atoms with E-state index in [0.29, 0.717) is 62.0 Å². The lowest BCUT2D eigenvalue weighted by Crippen LogP contribution is -2.35. The molecule has 6 rings (SSSR count). The molecule has 15 heteroatoms. The average molecular weight is 749 g/mol. The smallest absolute Gasteiger partial charge is 0.262 e. The summed E-state index contributed by atoms with van der Waals surface area (Å²) in [6.07, 6.45) is 3.13. The van der Waals surface area contributed by atoms with Crippen molar-refractivity contribution in [3.05, 3.63) is 104 Å². The van der Waals surface area contributed by atoms with Gasteiger partial charge in [-0.1, -0.05) is 59.6 Å². The van der Waals surface area contributed by atoms with Gasteiger partial charge in [0.05, 0.1) is 40.9 Å². The summed E-state index contributed by atoms with van der Waals surface area (Å²) in [5, 5.41) is 19.6. The average Bonchev–Trinajstić information content (AvgIpc) is 3.54. The Morgan fingerprint density at radius 1 is 1.08 bits per heavy atom. The van der Waals surface area contributed by atoms with Gasteiger partial charge in [0.1, 0.15) is 11.5 Å². The first-order valence-electron chi connectivity index (χ1n) is 16.5. The lowest BCUT2D eigenvalue weighted by atomic mass is 9.97. The van der Waals surface area contributed by atoms with Crippen LogP contribution in [0.2, 0.25) is 10.0 Å². The van der Waals surface area contributed by atoms with E-state index in [2.05, 4.69) is 25.9 Å². The Balaban J connectivity index is 1.24. The molecule has 1 fully saturated rings. The van der Waals surface area contributed by atoms with Gasteiger partial charge in [0.15, 0.2) is 0 Å². The number of nitrogens with two attached hydrogens (primary N) is 1. The van der Waals surface area contributed by atoms with E-state index in [1.807, 2.05) is 24.3 Å². The molecule has 1 aliphatic rings. The van der Waals surface area contributed by atoms with Crippen LogP contribution in [0.5, 0.6) is 5.88 Å². The number of rotatable bonds is 14. The minimum absolute atomic E-state index is 0.00512. The van der Waals surface area contributed by atoms with Crippen LogP contribution in [-0.4, -0.2) is 63.6 Å². The molecule has 2 aromatic carbocycles. The molecule has 1 aliphatic heterocycles. The van der Waals surface area contributed by atoms with Gasteiger partial charge < -0.3 is 31.5 Å². The number of halogens is 3. The van der Waals surface area contributed by atoms with Crippen LogP contribution >= 0.6 is 23.2 Å². The van der Waals surface area contributed by atoms with Gasteiger partial charge in [-0.15, -0.1) is 0 Å². The first-order valence-corrected chi connectivity index (χ1v) is 17.3. The van der Waals surface area contributed by atoms with Gasteiger partial charge >= 0.3 is 0 Å². The third-order valence-electron chi connectivity index (χ3n) is 8.79. The summed E-state index contributed by atoms with van der Waals surface area (Å²) in [5.41, 5.74) is 9.22. The first kappa shape index (κ1) is 36.9. The van der Waals surface area contributed by atoms with Crippen molar-refractivity contribution in [3.63, 3.8) is 0 Å². The highest BCUT2D eigenvalue weighted by molar-refractivity contribution is 6.39. The van der Waals surface area contributed by atoms with Gasteiger partial charge in [-0.05, 0) is 24.1 Å². The number of hydrogen-bond donors (Lipinski definition) is 5. The fourth-order valence-electron chi connectivity index (χ4n) is 6.17. The lowest BCUT2D eigenvalue weighted by Gasteiger charge is -2.16. The second-order valence-corrected chi connectivity index (χ2v) is 13.2. The molecule has 0 radical (unpaired) electrons. The van der Waals surface area contributed by atoms with Crippen molar-refractivity contribution in [2.45, 2.75) is 44.5 Å². The van der Waals surface area contributed by atoms with Crippen molar-refractivity contribution in [3.8, 4) is 39.4 Å². The summed E-state index contributed by atoms with van der Waals surface area (Å²) in [4.78, 5) is 44.7. The Morgan fingerprint density at radius 3 is 2.48 bits per heavy atom. The number of hydrogen-bond acceptors (Lipinski definition) is 9.